The fourth-order valence-corrected chi connectivity index (χ4v) is 1.09. The molecule has 5 heteroatoms. The predicted molar refractivity (Wildman–Crippen MR) is 59.2 cm³/mol. The van der Waals surface area contributed by atoms with Crippen LogP contribution in [-0.4, -0.2) is 16.1 Å². The van der Waals surface area contributed by atoms with Crippen LogP contribution in [-0.2, 0) is 0 Å². The largest absolute Gasteiger partial charge is 0.382 e. The topological polar surface area (TPSA) is 86.9 Å². The van der Waals surface area contributed by atoms with Gasteiger partial charge in [-0.15, -0.1) is 0 Å². The van der Waals surface area contributed by atoms with Crippen molar-refractivity contribution in [3.05, 3.63) is 22.2 Å². The molecule has 1 aromatic heterocycles. The molecule has 0 unspecified atom stereocenters. The molecular formula is C10H14N4O. The van der Waals surface area contributed by atoms with Gasteiger partial charge in [0.15, 0.2) is 0 Å². The third kappa shape index (κ3) is 2.58. The second-order valence-electron chi connectivity index (χ2n) is 3.33. The molecule has 1 rings (SSSR count). The van der Waals surface area contributed by atoms with Crippen LogP contribution >= 0.6 is 0 Å². The lowest BCUT2D eigenvalue weighted by Gasteiger charge is -2.09. The highest BCUT2D eigenvalue weighted by Crippen LogP contribution is 2.06. The van der Waals surface area contributed by atoms with Crippen molar-refractivity contribution in [2.75, 3.05) is 12.3 Å². The van der Waals surface area contributed by atoms with Gasteiger partial charge in [0.25, 0.3) is 0 Å². The number of rotatable bonds is 1. The van der Waals surface area contributed by atoms with Crippen molar-refractivity contribution in [3.8, 4) is 11.8 Å². The summed E-state index contributed by atoms with van der Waals surface area (Å²) in [6.45, 7) is 4.03. The molecule has 0 radical (unpaired) electrons. The van der Waals surface area contributed by atoms with Crippen LogP contribution in [0.2, 0.25) is 0 Å². The van der Waals surface area contributed by atoms with Crippen molar-refractivity contribution in [3.63, 3.8) is 0 Å². The molecule has 5 nitrogen and oxygen atoms in total. The molecule has 0 saturated carbocycles. The fourth-order valence-electron chi connectivity index (χ4n) is 1.09. The first-order valence-electron chi connectivity index (χ1n) is 4.64. The van der Waals surface area contributed by atoms with Gasteiger partial charge in [0, 0.05) is 12.2 Å². The molecular weight excluding hydrogens is 192 g/mol. The molecule has 0 bridgehead atoms. The van der Waals surface area contributed by atoms with E-state index < -0.39 is 0 Å². The first-order chi connectivity index (χ1) is 7.06. The van der Waals surface area contributed by atoms with Crippen molar-refractivity contribution in [2.45, 2.75) is 19.9 Å². The SMILES string of the molecule is CC(C)n1cc(C#CCN)c(N)nc1=O. The van der Waals surface area contributed by atoms with Gasteiger partial charge in [-0.05, 0) is 13.8 Å². The Kier molecular flexibility index (Phi) is 3.47. The molecule has 1 aromatic rings. The minimum atomic E-state index is -0.360. The highest BCUT2D eigenvalue weighted by Gasteiger charge is 2.06. The molecule has 1 heterocycles. The maximum absolute atomic E-state index is 11.4. The summed E-state index contributed by atoms with van der Waals surface area (Å²) in [6, 6.07) is 0.0315. The molecule has 0 atom stereocenters. The van der Waals surface area contributed by atoms with Crippen LogP contribution in [0.5, 0.6) is 0 Å². The number of nitrogens with two attached hydrogens (primary N) is 2. The Morgan fingerprint density at radius 2 is 2.27 bits per heavy atom. The highest BCUT2D eigenvalue weighted by atomic mass is 16.1. The summed E-state index contributed by atoms with van der Waals surface area (Å²) >= 11 is 0. The van der Waals surface area contributed by atoms with Gasteiger partial charge in [-0.25, -0.2) is 4.79 Å². The average Bonchev–Trinajstić information content (AvgIpc) is 2.16. The molecule has 0 fully saturated rings. The Morgan fingerprint density at radius 1 is 1.60 bits per heavy atom. The van der Waals surface area contributed by atoms with Crippen LogP contribution in [0.4, 0.5) is 5.82 Å². The number of nitrogens with zero attached hydrogens (tertiary/aromatic N) is 2. The lowest BCUT2D eigenvalue weighted by atomic mass is 10.3. The minimum Gasteiger partial charge on any atom is -0.382 e. The minimum absolute atomic E-state index is 0.0315. The number of hydrogen-bond acceptors (Lipinski definition) is 4. The van der Waals surface area contributed by atoms with Crippen molar-refractivity contribution in [1.29, 1.82) is 0 Å². The van der Waals surface area contributed by atoms with Crippen LogP contribution in [0.1, 0.15) is 25.5 Å². The van der Waals surface area contributed by atoms with E-state index in [2.05, 4.69) is 16.8 Å². The van der Waals surface area contributed by atoms with E-state index in [1.807, 2.05) is 13.8 Å². The first-order valence-corrected chi connectivity index (χ1v) is 4.64. The van der Waals surface area contributed by atoms with E-state index in [0.29, 0.717) is 5.56 Å². The summed E-state index contributed by atoms with van der Waals surface area (Å²) in [5.74, 6) is 5.60. The van der Waals surface area contributed by atoms with Crippen LogP contribution in [0.3, 0.4) is 0 Å². The van der Waals surface area contributed by atoms with Gasteiger partial charge < -0.3 is 11.5 Å². The molecule has 0 spiro atoms. The molecule has 0 aliphatic carbocycles. The first kappa shape index (κ1) is 11.3. The van der Waals surface area contributed by atoms with Crippen LogP contribution < -0.4 is 17.2 Å². The summed E-state index contributed by atoms with van der Waals surface area (Å²) < 4.78 is 1.48. The van der Waals surface area contributed by atoms with E-state index in [1.54, 1.807) is 6.20 Å². The maximum atomic E-state index is 11.4. The van der Waals surface area contributed by atoms with Crippen LogP contribution in [0, 0.1) is 11.8 Å². The zero-order valence-electron chi connectivity index (χ0n) is 8.82. The third-order valence-corrected chi connectivity index (χ3v) is 1.86. The summed E-state index contributed by atoms with van der Waals surface area (Å²) in [5, 5.41) is 0. The average molecular weight is 206 g/mol. The van der Waals surface area contributed by atoms with Gasteiger partial charge in [-0.1, -0.05) is 11.8 Å². The molecule has 15 heavy (non-hydrogen) atoms. The van der Waals surface area contributed by atoms with Gasteiger partial charge in [-0.2, -0.15) is 4.98 Å². The van der Waals surface area contributed by atoms with Crippen molar-refractivity contribution in [2.24, 2.45) is 5.73 Å². The van der Waals surface area contributed by atoms with Gasteiger partial charge in [0.1, 0.15) is 5.82 Å². The van der Waals surface area contributed by atoms with E-state index in [0.717, 1.165) is 0 Å². The number of aromatic nitrogens is 2. The fraction of sp³-hybridized carbons (Fsp3) is 0.400. The maximum Gasteiger partial charge on any atom is 0.349 e. The van der Waals surface area contributed by atoms with Crippen LogP contribution in [0.15, 0.2) is 11.0 Å². The third-order valence-electron chi connectivity index (χ3n) is 1.86. The predicted octanol–water partition coefficient (Wildman–Crippen LogP) is -0.283. The number of hydrogen-bond donors (Lipinski definition) is 2. The van der Waals surface area contributed by atoms with E-state index in [4.69, 9.17) is 11.5 Å². The quantitative estimate of drug-likeness (QED) is 0.618. The van der Waals surface area contributed by atoms with Gasteiger partial charge in [0.05, 0.1) is 12.1 Å². The van der Waals surface area contributed by atoms with Crippen molar-refractivity contribution in [1.82, 2.24) is 9.55 Å². The standard InChI is InChI=1S/C10H14N4O/c1-7(2)14-6-8(4-3-5-11)9(12)13-10(14)15/h6-7H,5,11H2,1-2H3,(H2,12,13,15). The summed E-state index contributed by atoms with van der Waals surface area (Å²) in [4.78, 5) is 15.1. The summed E-state index contributed by atoms with van der Waals surface area (Å²) in [5.41, 5.74) is 11.0. The van der Waals surface area contributed by atoms with Gasteiger partial charge in [0.2, 0.25) is 0 Å². The highest BCUT2D eigenvalue weighted by molar-refractivity contribution is 5.49. The lowest BCUT2D eigenvalue weighted by Crippen LogP contribution is -2.25. The molecule has 4 N–H and O–H groups in total. The van der Waals surface area contributed by atoms with E-state index >= 15 is 0 Å². The Morgan fingerprint density at radius 3 is 2.80 bits per heavy atom. The molecule has 80 valence electrons. The molecule has 0 aliphatic heterocycles. The second kappa shape index (κ2) is 4.62. The molecule has 0 amide bonds. The molecule has 0 aromatic carbocycles. The summed E-state index contributed by atoms with van der Waals surface area (Å²) in [7, 11) is 0. The van der Waals surface area contributed by atoms with Crippen LogP contribution in [0.25, 0.3) is 0 Å². The Balaban J connectivity index is 3.30. The van der Waals surface area contributed by atoms with Gasteiger partial charge in [-0.3, -0.25) is 4.57 Å². The number of nitrogen functional groups attached to an aromatic ring is 1. The van der Waals surface area contributed by atoms with Gasteiger partial charge >= 0.3 is 5.69 Å². The Bertz CT molecular complexity index is 465. The Hall–Kier alpha value is -1.80. The normalized spacial score (nSPS) is 9.87. The van der Waals surface area contributed by atoms with E-state index in [-0.39, 0.29) is 24.1 Å². The lowest BCUT2D eigenvalue weighted by molar-refractivity contribution is 0.564. The van der Waals surface area contributed by atoms with Crippen molar-refractivity contribution < 1.29 is 0 Å². The zero-order chi connectivity index (χ0) is 11.4. The van der Waals surface area contributed by atoms with E-state index in [1.165, 1.54) is 4.57 Å². The second-order valence-corrected chi connectivity index (χ2v) is 3.33. The Labute approximate surface area is 88.1 Å². The molecule has 0 aliphatic rings. The zero-order valence-corrected chi connectivity index (χ0v) is 8.82. The monoisotopic (exact) mass is 206 g/mol. The van der Waals surface area contributed by atoms with E-state index in [9.17, 15) is 4.79 Å². The summed E-state index contributed by atoms with van der Waals surface area (Å²) in [6.07, 6.45) is 1.61. The smallest absolute Gasteiger partial charge is 0.349 e. The van der Waals surface area contributed by atoms with Crippen molar-refractivity contribution >= 4 is 5.82 Å². The number of anilines is 1. The molecule has 0 saturated heterocycles.